The second-order valence-corrected chi connectivity index (χ2v) is 6.51. The summed E-state index contributed by atoms with van der Waals surface area (Å²) in [4.78, 5) is 14.0. The van der Waals surface area contributed by atoms with Crippen LogP contribution < -0.4 is 10.6 Å². The maximum atomic E-state index is 11.3. The van der Waals surface area contributed by atoms with E-state index in [-0.39, 0.29) is 11.9 Å². The Morgan fingerprint density at radius 1 is 1.19 bits per heavy atom. The minimum Gasteiger partial charge on any atom is -0.326 e. The average molecular weight is 302 g/mol. The number of rotatable bonds is 6. The third-order valence-electron chi connectivity index (χ3n) is 3.39. The van der Waals surface area contributed by atoms with Crippen LogP contribution in [-0.2, 0) is 11.3 Å². The van der Waals surface area contributed by atoms with Crippen molar-refractivity contribution in [2.24, 2.45) is 0 Å². The van der Waals surface area contributed by atoms with Crippen LogP contribution in [0.4, 0.5) is 5.69 Å². The van der Waals surface area contributed by atoms with E-state index < -0.39 is 0 Å². The molecule has 0 aliphatic carbocycles. The van der Waals surface area contributed by atoms with Crippen molar-refractivity contribution < 1.29 is 4.79 Å². The monoisotopic (exact) mass is 302 g/mol. The number of aryl methyl sites for hydroxylation is 1. The molecule has 1 aromatic carbocycles. The Labute approximate surface area is 130 Å². The highest BCUT2D eigenvalue weighted by Crippen LogP contribution is 2.19. The predicted molar refractivity (Wildman–Crippen MR) is 89.7 cm³/mol. The summed E-state index contributed by atoms with van der Waals surface area (Å²) >= 11 is 1.83. The predicted octanol–water partition coefficient (Wildman–Crippen LogP) is 4.26. The van der Waals surface area contributed by atoms with Crippen molar-refractivity contribution in [3.05, 3.63) is 51.7 Å². The molecule has 0 saturated carbocycles. The SMILES string of the molecule is CCC(=O)Nc1ccc(C(C)NCc2ccc(C)s2)cc1. The first-order valence-corrected chi connectivity index (χ1v) is 8.08. The van der Waals surface area contributed by atoms with Gasteiger partial charge in [-0.2, -0.15) is 0 Å². The molecule has 1 unspecified atom stereocenters. The summed E-state index contributed by atoms with van der Waals surface area (Å²) in [5.74, 6) is 0.0435. The summed E-state index contributed by atoms with van der Waals surface area (Å²) in [6.45, 7) is 7.01. The van der Waals surface area contributed by atoms with E-state index in [1.54, 1.807) is 0 Å². The lowest BCUT2D eigenvalue weighted by molar-refractivity contribution is -0.115. The van der Waals surface area contributed by atoms with Crippen molar-refractivity contribution in [1.82, 2.24) is 5.32 Å². The van der Waals surface area contributed by atoms with Gasteiger partial charge >= 0.3 is 0 Å². The zero-order valence-corrected chi connectivity index (χ0v) is 13.6. The molecule has 1 aromatic heterocycles. The first-order valence-electron chi connectivity index (χ1n) is 7.27. The molecule has 3 nitrogen and oxygen atoms in total. The molecule has 0 bridgehead atoms. The number of carbonyl (C=O) groups excluding carboxylic acids is 1. The Morgan fingerprint density at radius 3 is 2.48 bits per heavy atom. The number of anilines is 1. The maximum Gasteiger partial charge on any atom is 0.224 e. The molecule has 0 spiro atoms. The third kappa shape index (κ3) is 4.69. The molecule has 1 amide bonds. The normalized spacial score (nSPS) is 12.1. The van der Waals surface area contributed by atoms with Gasteiger partial charge in [-0.05, 0) is 43.7 Å². The van der Waals surface area contributed by atoms with Gasteiger partial charge in [0.2, 0.25) is 5.91 Å². The Bertz CT molecular complexity index is 589. The van der Waals surface area contributed by atoms with Crippen molar-refractivity contribution in [2.75, 3.05) is 5.32 Å². The molecule has 1 atom stereocenters. The number of benzene rings is 1. The van der Waals surface area contributed by atoms with Gasteiger partial charge in [0.25, 0.3) is 0 Å². The lowest BCUT2D eigenvalue weighted by atomic mass is 10.1. The van der Waals surface area contributed by atoms with Crippen molar-refractivity contribution >= 4 is 22.9 Å². The number of amides is 1. The number of nitrogens with one attached hydrogen (secondary N) is 2. The fourth-order valence-corrected chi connectivity index (χ4v) is 2.90. The summed E-state index contributed by atoms with van der Waals surface area (Å²) in [5.41, 5.74) is 2.07. The fraction of sp³-hybridized carbons (Fsp3) is 0.353. The standard InChI is InChI=1S/C17H22N2OS/c1-4-17(20)19-15-8-6-14(7-9-15)13(3)18-11-16-10-5-12(2)21-16/h5-10,13,18H,4,11H2,1-3H3,(H,19,20). The van der Waals surface area contributed by atoms with E-state index >= 15 is 0 Å². The summed E-state index contributed by atoms with van der Waals surface area (Å²) in [5, 5.41) is 6.38. The lowest BCUT2D eigenvalue weighted by Gasteiger charge is -2.14. The van der Waals surface area contributed by atoms with Crippen molar-refractivity contribution in [3.8, 4) is 0 Å². The second kappa shape index (κ2) is 7.38. The molecular formula is C17H22N2OS. The topological polar surface area (TPSA) is 41.1 Å². The first-order chi connectivity index (χ1) is 10.1. The molecule has 2 N–H and O–H groups in total. The van der Waals surface area contributed by atoms with Crippen LogP contribution in [0, 0.1) is 6.92 Å². The van der Waals surface area contributed by atoms with Crippen molar-refractivity contribution in [1.29, 1.82) is 0 Å². The summed E-state index contributed by atoms with van der Waals surface area (Å²) < 4.78 is 0. The van der Waals surface area contributed by atoms with Gasteiger partial charge in [-0.15, -0.1) is 11.3 Å². The van der Waals surface area contributed by atoms with Gasteiger partial charge in [0.1, 0.15) is 0 Å². The molecule has 0 aliphatic heterocycles. The number of hydrogen-bond acceptors (Lipinski definition) is 3. The number of hydrogen-bond donors (Lipinski definition) is 2. The van der Waals surface area contributed by atoms with Gasteiger partial charge in [-0.3, -0.25) is 4.79 Å². The second-order valence-electron chi connectivity index (χ2n) is 5.14. The summed E-state index contributed by atoms with van der Waals surface area (Å²) in [6, 6.07) is 12.6. The van der Waals surface area contributed by atoms with E-state index in [2.05, 4.69) is 48.7 Å². The smallest absolute Gasteiger partial charge is 0.224 e. The molecule has 4 heteroatoms. The van der Waals surface area contributed by atoms with Crippen LogP contribution in [0.1, 0.15) is 41.6 Å². The van der Waals surface area contributed by atoms with E-state index in [9.17, 15) is 4.79 Å². The van der Waals surface area contributed by atoms with E-state index in [4.69, 9.17) is 0 Å². The summed E-state index contributed by atoms with van der Waals surface area (Å²) in [6.07, 6.45) is 0.500. The maximum absolute atomic E-state index is 11.3. The summed E-state index contributed by atoms with van der Waals surface area (Å²) in [7, 11) is 0. The lowest BCUT2D eigenvalue weighted by Crippen LogP contribution is -2.17. The van der Waals surface area contributed by atoms with Gasteiger partial charge in [0.15, 0.2) is 0 Å². The Balaban J connectivity index is 1.90. The van der Waals surface area contributed by atoms with E-state index in [1.165, 1.54) is 15.3 Å². The molecule has 0 saturated heterocycles. The van der Waals surface area contributed by atoms with Crippen molar-refractivity contribution in [3.63, 3.8) is 0 Å². The van der Waals surface area contributed by atoms with Crippen LogP contribution in [0.15, 0.2) is 36.4 Å². The molecular weight excluding hydrogens is 280 g/mol. The van der Waals surface area contributed by atoms with Gasteiger partial charge < -0.3 is 10.6 Å². The van der Waals surface area contributed by atoms with Crippen LogP contribution in [0.2, 0.25) is 0 Å². The first kappa shape index (κ1) is 15.7. The molecule has 112 valence electrons. The van der Waals surface area contributed by atoms with Crippen LogP contribution in [0.3, 0.4) is 0 Å². The number of thiophene rings is 1. The van der Waals surface area contributed by atoms with Crippen LogP contribution in [0.25, 0.3) is 0 Å². The number of carbonyl (C=O) groups is 1. The highest BCUT2D eigenvalue weighted by atomic mass is 32.1. The Kier molecular flexibility index (Phi) is 5.53. The minimum atomic E-state index is 0.0435. The third-order valence-corrected chi connectivity index (χ3v) is 4.39. The van der Waals surface area contributed by atoms with Crippen LogP contribution in [-0.4, -0.2) is 5.91 Å². The minimum absolute atomic E-state index is 0.0435. The zero-order chi connectivity index (χ0) is 15.2. The fourth-order valence-electron chi connectivity index (χ4n) is 2.06. The van der Waals surface area contributed by atoms with E-state index in [0.717, 1.165) is 12.2 Å². The quantitative estimate of drug-likeness (QED) is 0.837. The molecule has 21 heavy (non-hydrogen) atoms. The van der Waals surface area contributed by atoms with E-state index in [0.29, 0.717) is 6.42 Å². The average Bonchev–Trinajstić information content (AvgIpc) is 2.91. The highest BCUT2D eigenvalue weighted by Gasteiger charge is 2.06. The van der Waals surface area contributed by atoms with E-state index in [1.807, 2.05) is 30.4 Å². The Hall–Kier alpha value is -1.65. The van der Waals surface area contributed by atoms with Crippen LogP contribution >= 0.6 is 11.3 Å². The Morgan fingerprint density at radius 2 is 1.90 bits per heavy atom. The van der Waals surface area contributed by atoms with Gasteiger partial charge in [-0.25, -0.2) is 0 Å². The highest BCUT2D eigenvalue weighted by molar-refractivity contribution is 7.11. The van der Waals surface area contributed by atoms with Gasteiger partial charge in [0.05, 0.1) is 0 Å². The molecule has 0 radical (unpaired) electrons. The molecule has 2 aromatic rings. The largest absolute Gasteiger partial charge is 0.326 e. The van der Waals surface area contributed by atoms with Crippen LogP contribution in [0.5, 0.6) is 0 Å². The van der Waals surface area contributed by atoms with Crippen molar-refractivity contribution in [2.45, 2.75) is 39.8 Å². The van der Waals surface area contributed by atoms with Gasteiger partial charge in [0, 0.05) is 34.4 Å². The molecule has 1 heterocycles. The molecule has 0 aliphatic rings. The van der Waals surface area contributed by atoms with Gasteiger partial charge in [-0.1, -0.05) is 19.1 Å². The molecule has 0 fully saturated rings. The zero-order valence-electron chi connectivity index (χ0n) is 12.8. The molecule has 2 rings (SSSR count).